The van der Waals surface area contributed by atoms with E-state index in [2.05, 4.69) is 15.5 Å². The van der Waals surface area contributed by atoms with Gasteiger partial charge in [-0.3, -0.25) is 14.2 Å². The van der Waals surface area contributed by atoms with Gasteiger partial charge in [-0.25, -0.2) is 0 Å². The maximum absolute atomic E-state index is 12.5. The molecule has 7 nitrogen and oxygen atoms in total. The second-order valence-corrected chi connectivity index (χ2v) is 7.26. The Balaban J connectivity index is 1.43. The van der Waals surface area contributed by atoms with E-state index in [0.29, 0.717) is 23.8 Å². The summed E-state index contributed by atoms with van der Waals surface area (Å²) in [7, 11) is 0. The Morgan fingerprint density at radius 3 is 2.68 bits per heavy atom. The molecular formula is C20H19N5O2S. The summed E-state index contributed by atoms with van der Waals surface area (Å²) in [5.41, 5.74) is 2.33. The van der Waals surface area contributed by atoms with Crippen molar-refractivity contribution in [2.45, 2.75) is 18.0 Å². The lowest BCUT2D eigenvalue weighted by atomic mass is 10.2. The summed E-state index contributed by atoms with van der Waals surface area (Å²) in [5, 5.41) is 11.6. The van der Waals surface area contributed by atoms with Crippen LogP contribution in [-0.4, -0.2) is 38.9 Å². The van der Waals surface area contributed by atoms with Crippen molar-refractivity contribution in [3.8, 4) is 5.69 Å². The minimum Gasteiger partial charge on any atom is -0.324 e. The van der Waals surface area contributed by atoms with Gasteiger partial charge in [0.05, 0.1) is 17.1 Å². The second-order valence-electron chi connectivity index (χ2n) is 6.32. The van der Waals surface area contributed by atoms with E-state index in [1.54, 1.807) is 11.2 Å². The molecule has 3 aromatic rings. The Labute approximate surface area is 166 Å². The SMILES string of the molecule is O=C(CSc1nncn1-c1ccccc1)Nc1ccccc1N1CCCC1=O. The molecule has 1 aliphatic rings. The van der Waals surface area contributed by atoms with Gasteiger partial charge in [0, 0.05) is 18.7 Å². The van der Waals surface area contributed by atoms with E-state index in [-0.39, 0.29) is 17.6 Å². The first-order valence-corrected chi connectivity index (χ1v) is 9.98. The van der Waals surface area contributed by atoms with Crippen molar-refractivity contribution in [3.05, 3.63) is 60.9 Å². The number of amides is 2. The molecule has 0 spiro atoms. The predicted molar refractivity (Wildman–Crippen MR) is 109 cm³/mol. The minimum atomic E-state index is -0.160. The molecule has 8 heteroatoms. The number of aromatic nitrogens is 3. The molecule has 0 atom stereocenters. The first kappa shape index (κ1) is 18.2. The van der Waals surface area contributed by atoms with Crippen molar-refractivity contribution in [2.75, 3.05) is 22.5 Å². The lowest BCUT2D eigenvalue weighted by Crippen LogP contribution is -2.26. The normalized spacial score (nSPS) is 13.7. The highest BCUT2D eigenvalue weighted by atomic mass is 32.2. The zero-order valence-electron chi connectivity index (χ0n) is 15.1. The van der Waals surface area contributed by atoms with Gasteiger partial charge in [-0.2, -0.15) is 0 Å². The van der Waals surface area contributed by atoms with E-state index in [4.69, 9.17) is 0 Å². The van der Waals surface area contributed by atoms with Crippen LogP contribution >= 0.6 is 11.8 Å². The molecule has 1 fully saturated rings. The number of hydrogen-bond donors (Lipinski definition) is 1. The minimum absolute atomic E-state index is 0.0898. The molecular weight excluding hydrogens is 374 g/mol. The molecule has 0 aliphatic carbocycles. The van der Waals surface area contributed by atoms with Gasteiger partial charge in [-0.15, -0.1) is 10.2 Å². The van der Waals surface area contributed by atoms with Crippen LogP contribution in [0.4, 0.5) is 11.4 Å². The molecule has 1 aromatic heterocycles. The topological polar surface area (TPSA) is 80.1 Å². The standard InChI is InChI=1S/C20H19N5O2S/c26-18(13-28-20-23-21-14-25(20)15-7-2-1-3-8-15)22-16-9-4-5-10-17(16)24-12-6-11-19(24)27/h1-5,7-10,14H,6,11-13H2,(H,22,26). The van der Waals surface area contributed by atoms with Gasteiger partial charge in [-0.1, -0.05) is 42.1 Å². The number of para-hydroxylation sites is 3. The number of nitrogens with one attached hydrogen (secondary N) is 1. The zero-order chi connectivity index (χ0) is 19.3. The van der Waals surface area contributed by atoms with Crippen LogP contribution in [0, 0.1) is 0 Å². The summed E-state index contributed by atoms with van der Waals surface area (Å²) in [6.45, 7) is 0.681. The molecule has 2 aromatic carbocycles. The summed E-state index contributed by atoms with van der Waals surface area (Å²) < 4.78 is 1.84. The molecule has 0 saturated carbocycles. The number of benzene rings is 2. The second kappa shape index (κ2) is 8.26. The van der Waals surface area contributed by atoms with Gasteiger partial charge >= 0.3 is 0 Å². The fraction of sp³-hybridized carbons (Fsp3) is 0.200. The summed E-state index contributed by atoms with van der Waals surface area (Å²) >= 11 is 1.31. The van der Waals surface area contributed by atoms with Gasteiger partial charge in [0.25, 0.3) is 0 Å². The third-order valence-electron chi connectivity index (χ3n) is 4.43. The Kier molecular flexibility index (Phi) is 5.38. The van der Waals surface area contributed by atoms with E-state index in [1.165, 1.54) is 11.8 Å². The van der Waals surface area contributed by atoms with Crippen molar-refractivity contribution < 1.29 is 9.59 Å². The fourth-order valence-electron chi connectivity index (χ4n) is 3.12. The molecule has 1 N–H and O–H groups in total. The molecule has 2 heterocycles. The fourth-order valence-corrected chi connectivity index (χ4v) is 3.85. The highest BCUT2D eigenvalue weighted by Crippen LogP contribution is 2.29. The van der Waals surface area contributed by atoms with Crippen LogP contribution < -0.4 is 10.2 Å². The number of carbonyl (C=O) groups excluding carboxylic acids is 2. The van der Waals surface area contributed by atoms with Gasteiger partial charge in [0.2, 0.25) is 11.8 Å². The van der Waals surface area contributed by atoms with Crippen LogP contribution in [0.5, 0.6) is 0 Å². The Bertz CT molecular complexity index is 989. The molecule has 142 valence electrons. The van der Waals surface area contributed by atoms with Gasteiger partial charge in [-0.05, 0) is 30.7 Å². The molecule has 28 heavy (non-hydrogen) atoms. The van der Waals surface area contributed by atoms with Crippen molar-refractivity contribution in [1.82, 2.24) is 14.8 Å². The number of nitrogens with zero attached hydrogens (tertiary/aromatic N) is 4. The zero-order valence-corrected chi connectivity index (χ0v) is 15.9. The summed E-state index contributed by atoms with van der Waals surface area (Å²) in [4.78, 5) is 26.3. The van der Waals surface area contributed by atoms with Crippen LogP contribution in [0.1, 0.15) is 12.8 Å². The van der Waals surface area contributed by atoms with Gasteiger partial charge in [0.1, 0.15) is 6.33 Å². The molecule has 0 bridgehead atoms. The number of hydrogen-bond acceptors (Lipinski definition) is 5. The predicted octanol–water partition coefficient (Wildman–Crippen LogP) is 3.12. The van der Waals surface area contributed by atoms with E-state index in [9.17, 15) is 9.59 Å². The third kappa shape index (κ3) is 3.91. The van der Waals surface area contributed by atoms with Crippen molar-refractivity contribution in [2.24, 2.45) is 0 Å². The largest absolute Gasteiger partial charge is 0.324 e. The lowest BCUT2D eigenvalue weighted by molar-refractivity contribution is -0.117. The first-order chi connectivity index (χ1) is 13.7. The van der Waals surface area contributed by atoms with E-state index in [0.717, 1.165) is 17.8 Å². The third-order valence-corrected chi connectivity index (χ3v) is 5.37. The summed E-state index contributed by atoms with van der Waals surface area (Å²) in [5.74, 6) is 0.118. The highest BCUT2D eigenvalue weighted by molar-refractivity contribution is 7.99. The van der Waals surface area contributed by atoms with E-state index < -0.39 is 0 Å². The summed E-state index contributed by atoms with van der Waals surface area (Å²) in [6, 6.07) is 17.1. The van der Waals surface area contributed by atoms with E-state index in [1.807, 2.05) is 59.2 Å². The molecule has 0 radical (unpaired) electrons. The van der Waals surface area contributed by atoms with Crippen LogP contribution in [0.25, 0.3) is 5.69 Å². The Hall–Kier alpha value is -3.13. The number of thioether (sulfide) groups is 1. The number of carbonyl (C=O) groups is 2. The Morgan fingerprint density at radius 2 is 1.89 bits per heavy atom. The van der Waals surface area contributed by atoms with E-state index >= 15 is 0 Å². The maximum atomic E-state index is 12.5. The van der Waals surface area contributed by atoms with Crippen LogP contribution in [0.2, 0.25) is 0 Å². The molecule has 1 aliphatic heterocycles. The molecule has 1 saturated heterocycles. The number of rotatable bonds is 6. The molecule has 4 rings (SSSR count). The molecule has 2 amide bonds. The highest BCUT2D eigenvalue weighted by Gasteiger charge is 2.24. The first-order valence-electron chi connectivity index (χ1n) is 9.00. The maximum Gasteiger partial charge on any atom is 0.234 e. The van der Waals surface area contributed by atoms with Crippen molar-refractivity contribution in [3.63, 3.8) is 0 Å². The van der Waals surface area contributed by atoms with Crippen LogP contribution in [-0.2, 0) is 9.59 Å². The van der Waals surface area contributed by atoms with Gasteiger partial charge in [0.15, 0.2) is 5.16 Å². The van der Waals surface area contributed by atoms with Crippen LogP contribution in [0.3, 0.4) is 0 Å². The average molecular weight is 393 g/mol. The average Bonchev–Trinajstić information content (AvgIpc) is 3.36. The van der Waals surface area contributed by atoms with Gasteiger partial charge < -0.3 is 10.2 Å². The van der Waals surface area contributed by atoms with Crippen molar-refractivity contribution >= 4 is 35.0 Å². The quantitative estimate of drug-likeness (QED) is 0.651. The smallest absolute Gasteiger partial charge is 0.234 e. The van der Waals surface area contributed by atoms with Crippen LogP contribution in [0.15, 0.2) is 66.1 Å². The number of anilines is 2. The summed E-state index contributed by atoms with van der Waals surface area (Å²) in [6.07, 6.45) is 3.02. The monoisotopic (exact) mass is 393 g/mol. The molecule has 0 unspecified atom stereocenters. The Morgan fingerprint density at radius 1 is 1.11 bits per heavy atom. The van der Waals surface area contributed by atoms with Crippen molar-refractivity contribution in [1.29, 1.82) is 0 Å². The lowest BCUT2D eigenvalue weighted by Gasteiger charge is -2.19.